The normalized spacial score (nSPS) is 14.3. The van der Waals surface area contributed by atoms with Crippen LogP contribution in [0, 0.1) is 5.82 Å². The molecule has 2 aromatic heterocycles. The number of hydrogen-bond donors (Lipinski definition) is 1. The van der Waals surface area contributed by atoms with Crippen LogP contribution in [-0.4, -0.2) is 34.6 Å². The third-order valence-electron chi connectivity index (χ3n) is 3.68. The molecule has 0 aliphatic rings. The fourth-order valence-corrected chi connectivity index (χ4v) is 2.98. The van der Waals surface area contributed by atoms with Crippen molar-refractivity contribution in [3.05, 3.63) is 52.2 Å². The first-order valence-corrected chi connectivity index (χ1v) is 7.96. The molecule has 2 atom stereocenters. The highest BCUT2D eigenvalue weighted by Crippen LogP contribution is 2.17. The molecule has 5 heteroatoms. The van der Waals surface area contributed by atoms with Crippen molar-refractivity contribution in [2.75, 3.05) is 13.6 Å². The molecule has 1 N–H and O–H groups in total. The summed E-state index contributed by atoms with van der Waals surface area (Å²) in [5, 5.41) is 12.2. The number of halogens is 1. The number of rotatable bonds is 7. The van der Waals surface area contributed by atoms with E-state index in [-0.39, 0.29) is 5.82 Å². The monoisotopic (exact) mass is 308 g/mol. The number of nitrogens with zero attached hydrogens (tertiary/aromatic N) is 2. The average Bonchev–Trinajstić information content (AvgIpc) is 2.98. The Morgan fingerprint density at radius 1 is 1.38 bits per heavy atom. The number of hydrogen-bond acceptors (Lipinski definition) is 4. The van der Waals surface area contributed by atoms with E-state index in [0.717, 1.165) is 19.2 Å². The van der Waals surface area contributed by atoms with Crippen LogP contribution in [0.25, 0.3) is 0 Å². The number of pyridine rings is 1. The first-order valence-electron chi connectivity index (χ1n) is 7.08. The first-order chi connectivity index (χ1) is 10.1. The molecule has 114 valence electrons. The van der Waals surface area contributed by atoms with Crippen molar-refractivity contribution < 1.29 is 9.50 Å². The number of thiophene rings is 1. The van der Waals surface area contributed by atoms with Crippen molar-refractivity contribution in [3.8, 4) is 0 Å². The van der Waals surface area contributed by atoms with Crippen LogP contribution in [0.1, 0.15) is 30.0 Å². The van der Waals surface area contributed by atoms with Gasteiger partial charge in [0.05, 0.1) is 18.0 Å². The minimum atomic E-state index is -0.651. The van der Waals surface area contributed by atoms with Crippen molar-refractivity contribution in [2.45, 2.75) is 31.9 Å². The minimum Gasteiger partial charge on any atom is -0.387 e. The van der Waals surface area contributed by atoms with Crippen molar-refractivity contribution >= 4 is 11.3 Å². The highest BCUT2D eigenvalue weighted by molar-refractivity contribution is 7.09. The van der Waals surface area contributed by atoms with Crippen LogP contribution >= 0.6 is 11.3 Å². The van der Waals surface area contributed by atoms with E-state index in [1.807, 2.05) is 0 Å². The molecule has 21 heavy (non-hydrogen) atoms. The Labute approximate surface area is 129 Å². The maximum atomic E-state index is 12.8. The first kappa shape index (κ1) is 16.1. The van der Waals surface area contributed by atoms with Gasteiger partial charge in [0.15, 0.2) is 0 Å². The second kappa shape index (κ2) is 7.64. The summed E-state index contributed by atoms with van der Waals surface area (Å²) >= 11 is 1.77. The number of aliphatic hydroxyl groups is 1. The second-order valence-corrected chi connectivity index (χ2v) is 6.35. The van der Waals surface area contributed by atoms with Gasteiger partial charge >= 0.3 is 0 Å². The lowest BCUT2D eigenvalue weighted by atomic mass is 10.1. The second-order valence-electron chi connectivity index (χ2n) is 5.32. The number of aromatic nitrogens is 1. The Bertz CT molecular complexity index is 530. The Hall–Kier alpha value is -1.30. The number of aliphatic hydroxyl groups excluding tert-OH is 1. The van der Waals surface area contributed by atoms with Crippen molar-refractivity contribution in [2.24, 2.45) is 0 Å². The van der Waals surface area contributed by atoms with E-state index in [2.05, 4.69) is 41.4 Å². The Morgan fingerprint density at radius 3 is 2.81 bits per heavy atom. The summed E-state index contributed by atoms with van der Waals surface area (Å²) in [5.74, 6) is -0.382. The molecule has 0 saturated heterocycles. The zero-order valence-electron chi connectivity index (χ0n) is 12.4. The largest absolute Gasteiger partial charge is 0.387 e. The maximum Gasteiger partial charge on any atom is 0.141 e. The summed E-state index contributed by atoms with van der Waals surface area (Å²) in [7, 11) is 2.06. The average molecular weight is 308 g/mol. The van der Waals surface area contributed by atoms with Crippen molar-refractivity contribution in [3.63, 3.8) is 0 Å². The molecule has 0 radical (unpaired) electrons. The molecule has 2 unspecified atom stereocenters. The van der Waals surface area contributed by atoms with Crippen LogP contribution in [0.15, 0.2) is 35.8 Å². The van der Waals surface area contributed by atoms with Crippen LogP contribution in [0.4, 0.5) is 4.39 Å². The van der Waals surface area contributed by atoms with Gasteiger partial charge in [-0.15, -0.1) is 11.3 Å². The lowest BCUT2D eigenvalue weighted by molar-refractivity contribution is 0.135. The Balaban J connectivity index is 1.79. The van der Waals surface area contributed by atoms with Gasteiger partial charge in [-0.1, -0.05) is 6.07 Å². The van der Waals surface area contributed by atoms with E-state index < -0.39 is 6.10 Å². The predicted molar refractivity (Wildman–Crippen MR) is 83.9 cm³/mol. The third-order valence-corrected chi connectivity index (χ3v) is 4.57. The van der Waals surface area contributed by atoms with E-state index in [0.29, 0.717) is 18.2 Å². The molecule has 0 amide bonds. The zero-order valence-corrected chi connectivity index (χ0v) is 13.2. The lowest BCUT2D eigenvalue weighted by Gasteiger charge is -2.25. The highest BCUT2D eigenvalue weighted by atomic mass is 32.1. The predicted octanol–water partition coefficient (Wildman–Crippen LogP) is 3.27. The summed E-state index contributed by atoms with van der Waals surface area (Å²) in [6.45, 7) is 2.95. The molecule has 0 fully saturated rings. The van der Waals surface area contributed by atoms with Gasteiger partial charge < -0.3 is 10.0 Å². The molecule has 2 rings (SSSR count). The molecule has 2 aromatic rings. The van der Waals surface area contributed by atoms with Gasteiger partial charge in [-0.2, -0.15) is 0 Å². The smallest absolute Gasteiger partial charge is 0.141 e. The summed E-state index contributed by atoms with van der Waals surface area (Å²) in [6.07, 6.45) is 2.09. The maximum absolute atomic E-state index is 12.8. The van der Waals surface area contributed by atoms with Gasteiger partial charge in [0, 0.05) is 17.5 Å². The summed E-state index contributed by atoms with van der Waals surface area (Å²) in [6, 6.07) is 7.49. The molecular formula is C16H21FN2OS. The van der Waals surface area contributed by atoms with Crippen LogP contribution in [0.5, 0.6) is 0 Å². The topological polar surface area (TPSA) is 36.4 Å². The van der Waals surface area contributed by atoms with Crippen LogP contribution in [0.2, 0.25) is 0 Å². The fourth-order valence-electron chi connectivity index (χ4n) is 2.15. The molecule has 0 aliphatic heterocycles. The summed E-state index contributed by atoms with van der Waals surface area (Å²) in [4.78, 5) is 7.52. The minimum absolute atomic E-state index is 0.382. The van der Waals surface area contributed by atoms with Crippen LogP contribution in [-0.2, 0) is 6.42 Å². The third kappa shape index (κ3) is 4.88. The van der Waals surface area contributed by atoms with Crippen LogP contribution < -0.4 is 0 Å². The van der Waals surface area contributed by atoms with E-state index in [1.54, 1.807) is 11.3 Å². The van der Waals surface area contributed by atoms with Gasteiger partial charge in [-0.05, 0) is 50.4 Å². The van der Waals surface area contributed by atoms with Gasteiger partial charge in [0.2, 0.25) is 0 Å². The molecule has 0 aliphatic carbocycles. The van der Waals surface area contributed by atoms with Gasteiger partial charge in [0.1, 0.15) is 5.82 Å². The fraction of sp³-hybridized carbons (Fsp3) is 0.438. The van der Waals surface area contributed by atoms with Crippen molar-refractivity contribution in [1.82, 2.24) is 9.88 Å². The lowest BCUT2D eigenvalue weighted by Crippen LogP contribution is -2.32. The molecule has 0 saturated carbocycles. The standard InChI is InChI=1S/C16H21FN2OS/c1-12(10-14-4-3-9-21-14)19(2)8-7-16(20)15-6-5-13(17)11-18-15/h3-6,9,11-12,16,20H,7-8,10H2,1-2H3. The summed E-state index contributed by atoms with van der Waals surface area (Å²) < 4.78 is 12.8. The molecule has 0 aromatic carbocycles. The SMILES string of the molecule is CC(Cc1cccs1)N(C)CCC(O)c1ccc(F)cn1. The van der Waals surface area contributed by atoms with Crippen molar-refractivity contribution in [1.29, 1.82) is 0 Å². The summed E-state index contributed by atoms with van der Waals surface area (Å²) in [5.41, 5.74) is 0.524. The van der Waals surface area contributed by atoms with Crippen LogP contribution in [0.3, 0.4) is 0 Å². The zero-order chi connectivity index (χ0) is 15.2. The van der Waals surface area contributed by atoms with Gasteiger partial charge in [-0.25, -0.2) is 4.39 Å². The van der Waals surface area contributed by atoms with Gasteiger partial charge in [-0.3, -0.25) is 4.98 Å². The van der Waals surface area contributed by atoms with E-state index in [9.17, 15) is 9.50 Å². The number of likely N-dealkylation sites (N-methyl/N-ethyl adjacent to an activating group) is 1. The van der Waals surface area contributed by atoms with E-state index in [4.69, 9.17) is 0 Å². The Kier molecular flexibility index (Phi) is 5.85. The molecular weight excluding hydrogens is 287 g/mol. The molecule has 0 bridgehead atoms. The molecule has 2 heterocycles. The van der Waals surface area contributed by atoms with Gasteiger partial charge in [0.25, 0.3) is 0 Å². The molecule has 0 spiro atoms. The highest BCUT2D eigenvalue weighted by Gasteiger charge is 2.14. The van der Waals surface area contributed by atoms with E-state index in [1.165, 1.54) is 17.0 Å². The molecule has 3 nitrogen and oxygen atoms in total. The quantitative estimate of drug-likeness (QED) is 0.853. The van der Waals surface area contributed by atoms with E-state index >= 15 is 0 Å². The Morgan fingerprint density at radius 2 is 2.19 bits per heavy atom.